The third-order valence-corrected chi connectivity index (χ3v) is 3.97. The number of nitrogens with zero attached hydrogens (tertiary/aromatic N) is 2. The Bertz CT molecular complexity index is 556. The van der Waals surface area contributed by atoms with Crippen molar-refractivity contribution in [2.75, 3.05) is 13.7 Å². The van der Waals surface area contributed by atoms with Crippen LogP contribution in [0.4, 0.5) is 0 Å². The highest BCUT2D eigenvalue weighted by Gasteiger charge is 2.25. The van der Waals surface area contributed by atoms with Gasteiger partial charge in [0.05, 0.1) is 7.11 Å². The van der Waals surface area contributed by atoms with Gasteiger partial charge in [-0.15, -0.1) is 0 Å². The lowest BCUT2D eigenvalue weighted by Gasteiger charge is -2.25. The van der Waals surface area contributed by atoms with Gasteiger partial charge < -0.3 is 4.74 Å². The molecule has 1 atom stereocenters. The minimum Gasteiger partial charge on any atom is -0.497 e. The molecule has 0 amide bonds. The van der Waals surface area contributed by atoms with E-state index in [4.69, 9.17) is 4.74 Å². The average molecular weight is 268 g/mol. The summed E-state index contributed by atoms with van der Waals surface area (Å²) in [5, 5.41) is 0. The van der Waals surface area contributed by atoms with Gasteiger partial charge in [0.2, 0.25) is 0 Å². The maximum absolute atomic E-state index is 5.30. The number of aromatic nitrogens is 1. The molecular weight excluding hydrogens is 248 g/mol. The second kappa shape index (κ2) is 6.06. The largest absolute Gasteiger partial charge is 0.497 e. The van der Waals surface area contributed by atoms with E-state index in [9.17, 15) is 0 Å². The number of methoxy groups -OCH3 is 1. The SMILES string of the molecule is COc1cccc(CN2CCC[C@@H]2c2ccncc2)c1. The highest BCUT2D eigenvalue weighted by atomic mass is 16.5. The molecule has 1 aromatic carbocycles. The number of rotatable bonds is 4. The van der Waals surface area contributed by atoms with Crippen LogP contribution in [-0.4, -0.2) is 23.5 Å². The van der Waals surface area contributed by atoms with Crippen LogP contribution in [0.25, 0.3) is 0 Å². The van der Waals surface area contributed by atoms with E-state index in [1.54, 1.807) is 7.11 Å². The Kier molecular flexibility index (Phi) is 3.97. The number of pyridine rings is 1. The topological polar surface area (TPSA) is 25.4 Å². The van der Waals surface area contributed by atoms with Crippen molar-refractivity contribution >= 4 is 0 Å². The molecule has 1 aliphatic rings. The third kappa shape index (κ3) is 2.83. The van der Waals surface area contributed by atoms with Gasteiger partial charge in [-0.25, -0.2) is 0 Å². The molecule has 0 bridgehead atoms. The standard InChI is InChI=1S/C17H20N2O/c1-20-16-5-2-4-14(12-16)13-19-11-3-6-17(19)15-7-9-18-10-8-15/h2,4-5,7-10,12,17H,3,6,11,13H2,1H3/t17-/m1/s1. The van der Waals surface area contributed by atoms with Gasteiger partial charge in [0, 0.05) is 25.0 Å². The van der Waals surface area contributed by atoms with E-state index < -0.39 is 0 Å². The van der Waals surface area contributed by atoms with E-state index in [2.05, 4.69) is 40.2 Å². The number of hydrogen-bond donors (Lipinski definition) is 0. The van der Waals surface area contributed by atoms with Gasteiger partial charge in [-0.05, 0) is 54.8 Å². The van der Waals surface area contributed by atoms with E-state index in [0.29, 0.717) is 6.04 Å². The van der Waals surface area contributed by atoms with Crippen LogP contribution in [0.15, 0.2) is 48.8 Å². The molecule has 0 unspecified atom stereocenters. The van der Waals surface area contributed by atoms with E-state index >= 15 is 0 Å². The van der Waals surface area contributed by atoms with Gasteiger partial charge in [0.25, 0.3) is 0 Å². The van der Waals surface area contributed by atoms with Gasteiger partial charge >= 0.3 is 0 Å². The van der Waals surface area contributed by atoms with Gasteiger partial charge in [-0.2, -0.15) is 0 Å². The number of likely N-dealkylation sites (tertiary alicyclic amines) is 1. The molecular formula is C17H20N2O. The van der Waals surface area contributed by atoms with Crippen LogP contribution in [0.5, 0.6) is 5.75 Å². The molecule has 0 saturated carbocycles. The van der Waals surface area contributed by atoms with Crippen molar-refractivity contribution in [3.8, 4) is 5.75 Å². The predicted molar refractivity (Wildman–Crippen MR) is 79.6 cm³/mol. The molecule has 3 rings (SSSR count). The number of ether oxygens (including phenoxy) is 1. The van der Waals surface area contributed by atoms with E-state index in [-0.39, 0.29) is 0 Å². The Hall–Kier alpha value is -1.87. The molecule has 3 nitrogen and oxygen atoms in total. The number of hydrogen-bond acceptors (Lipinski definition) is 3. The summed E-state index contributed by atoms with van der Waals surface area (Å²) < 4.78 is 5.30. The third-order valence-electron chi connectivity index (χ3n) is 3.97. The molecule has 2 aromatic rings. The fourth-order valence-corrected chi connectivity index (χ4v) is 2.98. The molecule has 1 saturated heterocycles. The highest BCUT2D eigenvalue weighted by Crippen LogP contribution is 2.33. The van der Waals surface area contributed by atoms with Crippen LogP contribution in [0.2, 0.25) is 0 Å². The Morgan fingerprint density at radius 1 is 1.25 bits per heavy atom. The summed E-state index contributed by atoms with van der Waals surface area (Å²) in [7, 11) is 1.72. The molecule has 3 heteroatoms. The zero-order valence-electron chi connectivity index (χ0n) is 11.8. The van der Waals surface area contributed by atoms with Crippen molar-refractivity contribution in [3.63, 3.8) is 0 Å². The normalized spacial score (nSPS) is 19.1. The summed E-state index contributed by atoms with van der Waals surface area (Å²) >= 11 is 0. The minimum atomic E-state index is 0.518. The highest BCUT2D eigenvalue weighted by molar-refractivity contribution is 5.28. The Balaban J connectivity index is 1.76. The lowest BCUT2D eigenvalue weighted by Crippen LogP contribution is -2.22. The Labute approximate surface area is 120 Å². The van der Waals surface area contributed by atoms with Gasteiger partial charge in [-0.1, -0.05) is 12.1 Å². The molecule has 0 radical (unpaired) electrons. The molecule has 1 aromatic heterocycles. The van der Waals surface area contributed by atoms with Crippen molar-refractivity contribution in [1.82, 2.24) is 9.88 Å². The van der Waals surface area contributed by atoms with E-state index in [0.717, 1.165) is 18.8 Å². The van der Waals surface area contributed by atoms with Gasteiger partial charge in [0.15, 0.2) is 0 Å². The molecule has 104 valence electrons. The monoisotopic (exact) mass is 268 g/mol. The molecule has 1 aliphatic heterocycles. The van der Waals surface area contributed by atoms with Crippen LogP contribution < -0.4 is 4.74 Å². The van der Waals surface area contributed by atoms with Crippen molar-refractivity contribution < 1.29 is 4.74 Å². The van der Waals surface area contributed by atoms with Crippen LogP contribution in [0, 0.1) is 0 Å². The first-order chi connectivity index (χ1) is 9.86. The van der Waals surface area contributed by atoms with Crippen molar-refractivity contribution in [3.05, 3.63) is 59.9 Å². The fourth-order valence-electron chi connectivity index (χ4n) is 2.98. The summed E-state index contributed by atoms with van der Waals surface area (Å²) in [6.07, 6.45) is 6.26. The summed E-state index contributed by atoms with van der Waals surface area (Å²) in [6, 6.07) is 13.1. The summed E-state index contributed by atoms with van der Waals surface area (Å²) in [5.74, 6) is 0.933. The number of benzene rings is 1. The van der Waals surface area contributed by atoms with E-state index in [1.165, 1.54) is 24.0 Å². The first-order valence-corrected chi connectivity index (χ1v) is 7.14. The zero-order chi connectivity index (χ0) is 13.8. The lowest BCUT2D eigenvalue weighted by molar-refractivity contribution is 0.248. The van der Waals surface area contributed by atoms with Crippen LogP contribution in [-0.2, 0) is 6.54 Å². The summed E-state index contributed by atoms with van der Waals surface area (Å²) in [5.41, 5.74) is 2.69. The summed E-state index contributed by atoms with van der Waals surface area (Å²) in [6.45, 7) is 2.13. The first-order valence-electron chi connectivity index (χ1n) is 7.14. The maximum atomic E-state index is 5.30. The predicted octanol–water partition coefficient (Wildman–Crippen LogP) is 3.43. The zero-order valence-corrected chi connectivity index (χ0v) is 11.8. The second-order valence-corrected chi connectivity index (χ2v) is 5.26. The minimum absolute atomic E-state index is 0.518. The van der Waals surface area contributed by atoms with E-state index in [1.807, 2.05) is 18.5 Å². The molecule has 2 heterocycles. The molecule has 20 heavy (non-hydrogen) atoms. The second-order valence-electron chi connectivity index (χ2n) is 5.26. The van der Waals surface area contributed by atoms with Crippen molar-refractivity contribution in [2.24, 2.45) is 0 Å². The van der Waals surface area contributed by atoms with Crippen LogP contribution in [0.3, 0.4) is 0 Å². The fraction of sp³-hybridized carbons (Fsp3) is 0.353. The Morgan fingerprint density at radius 2 is 2.10 bits per heavy atom. The Morgan fingerprint density at radius 3 is 2.90 bits per heavy atom. The van der Waals surface area contributed by atoms with Crippen molar-refractivity contribution in [1.29, 1.82) is 0 Å². The van der Waals surface area contributed by atoms with Gasteiger partial charge in [0.1, 0.15) is 5.75 Å². The first kappa shape index (κ1) is 13.1. The van der Waals surface area contributed by atoms with Gasteiger partial charge in [-0.3, -0.25) is 9.88 Å². The average Bonchev–Trinajstić information content (AvgIpc) is 2.96. The molecule has 0 aliphatic carbocycles. The van der Waals surface area contributed by atoms with Crippen LogP contribution in [0.1, 0.15) is 30.0 Å². The molecule has 0 N–H and O–H groups in total. The summed E-state index contributed by atoms with van der Waals surface area (Å²) in [4.78, 5) is 6.66. The van der Waals surface area contributed by atoms with Crippen LogP contribution >= 0.6 is 0 Å². The maximum Gasteiger partial charge on any atom is 0.119 e. The quantitative estimate of drug-likeness (QED) is 0.849. The molecule has 0 spiro atoms. The smallest absolute Gasteiger partial charge is 0.119 e. The van der Waals surface area contributed by atoms with Crippen molar-refractivity contribution in [2.45, 2.75) is 25.4 Å². The lowest BCUT2D eigenvalue weighted by atomic mass is 10.1. The molecule has 1 fully saturated rings.